The number of amides is 1. The normalized spacial score (nSPS) is 19.7. The molecule has 1 aliphatic heterocycles. The lowest BCUT2D eigenvalue weighted by Crippen LogP contribution is -2.24. The summed E-state index contributed by atoms with van der Waals surface area (Å²) in [6.45, 7) is 4.76. The third-order valence-corrected chi connectivity index (χ3v) is 3.50. The van der Waals surface area contributed by atoms with Gasteiger partial charge in [-0.2, -0.15) is 12.6 Å². The summed E-state index contributed by atoms with van der Waals surface area (Å²) in [6, 6.07) is 7.71. The molecule has 1 aromatic carbocycles. The van der Waals surface area contributed by atoms with Gasteiger partial charge in [0, 0.05) is 18.7 Å². The molecule has 0 aromatic heterocycles. The highest BCUT2D eigenvalue weighted by atomic mass is 32.1. The fourth-order valence-corrected chi connectivity index (χ4v) is 2.37. The molecular formula is C14H19NO2S. The largest absolute Gasteiger partial charge is 0.491 e. The Labute approximate surface area is 114 Å². The van der Waals surface area contributed by atoms with Crippen molar-refractivity contribution in [1.29, 1.82) is 0 Å². The van der Waals surface area contributed by atoms with Crippen molar-refractivity contribution < 1.29 is 9.53 Å². The van der Waals surface area contributed by atoms with Crippen molar-refractivity contribution in [3.8, 4) is 5.75 Å². The molecule has 0 aliphatic carbocycles. The molecule has 0 spiro atoms. The average Bonchev–Trinajstić information content (AvgIpc) is 2.71. The van der Waals surface area contributed by atoms with Gasteiger partial charge in [0.15, 0.2) is 0 Å². The van der Waals surface area contributed by atoms with Crippen LogP contribution in [0.2, 0.25) is 0 Å². The van der Waals surface area contributed by atoms with Gasteiger partial charge in [-0.1, -0.05) is 0 Å². The van der Waals surface area contributed by atoms with E-state index in [0.29, 0.717) is 12.3 Å². The molecule has 2 rings (SSSR count). The standard InChI is InChI=1S/C14H19NO2S/c1-10(2)17-13-5-3-12(4-6-13)15-8-11(9-18)7-14(15)16/h3-6,10-11,18H,7-9H2,1-2H3. The quantitative estimate of drug-likeness (QED) is 0.848. The highest BCUT2D eigenvalue weighted by Gasteiger charge is 2.29. The molecule has 0 bridgehead atoms. The summed E-state index contributed by atoms with van der Waals surface area (Å²) >= 11 is 4.26. The lowest BCUT2D eigenvalue weighted by atomic mass is 10.1. The molecular weight excluding hydrogens is 246 g/mol. The maximum Gasteiger partial charge on any atom is 0.227 e. The van der Waals surface area contributed by atoms with Crippen LogP contribution in [0, 0.1) is 5.92 Å². The molecule has 1 saturated heterocycles. The number of benzene rings is 1. The first-order valence-electron chi connectivity index (χ1n) is 6.28. The zero-order valence-electron chi connectivity index (χ0n) is 10.8. The van der Waals surface area contributed by atoms with Gasteiger partial charge in [-0.25, -0.2) is 0 Å². The molecule has 0 radical (unpaired) electrons. The summed E-state index contributed by atoms with van der Waals surface area (Å²) in [5.74, 6) is 2.15. The highest BCUT2D eigenvalue weighted by molar-refractivity contribution is 7.80. The van der Waals surface area contributed by atoms with Crippen LogP contribution in [0.5, 0.6) is 5.75 Å². The number of hydrogen-bond donors (Lipinski definition) is 1. The van der Waals surface area contributed by atoms with Crippen LogP contribution in [0.3, 0.4) is 0 Å². The summed E-state index contributed by atoms with van der Waals surface area (Å²) in [5.41, 5.74) is 0.945. The predicted molar refractivity (Wildman–Crippen MR) is 76.5 cm³/mol. The Balaban J connectivity index is 2.08. The van der Waals surface area contributed by atoms with Crippen molar-refractivity contribution in [2.45, 2.75) is 26.4 Å². The van der Waals surface area contributed by atoms with Crippen LogP contribution in [0.4, 0.5) is 5.69 Å². The minimum Gasteiger partial charge on any atom is -0.491 e. The minimum atomic E-state index is 0.165. The van der Waals surface area contributed by atoms with Gasteiger partial charge >= 0.3 is 0 Å². The number of thiol groups is 1. The third-order valence-electron chi connectivity index (χ3n) is 2.98. The predicted octanol–water partition coefficient (Wildman–Crippen LogP) is 2.76. The molecule has 0 saturated carbocycles. The molecule has 3 nitrogen and oxygen atoms in total. The minimum absolute atomic E-state index is 0.165. The van der Waals surface area contributed by atoms with Crippen molar-refractivity contribution in [2.24, 2.45) is 5.92 Å². The number of anilines is 1. The van der Waals surface area contributed by atoms with Crippen molar-refractivity contribution in [3.63, 3.8) is 0 Å². The van der Waals surface area contributed by atoms with Crippen LogP contribution >= 0.6 is 12.6 Å². The van der Waals surface area contributed by atoms with Crippen LogP contribution in [-0.4, -0.2) is 24.3 Å². The van der Waals surface area contributed by atoms with Crippen molar-refractivity contribution in [1.82, 2.24) is 0 Å². The van der Waals surface area contributed by atoms with Crippen molar-refractivity contribution >= 4 is 24.2 Å². The molecule has 1 aliphatic rings. The third kappa shape index (κ3) is 2.99. The maximum atomic E-state index is 11.9. The Morgan fingerprint density at radius 1 is 1.39 bits per heavy atom. The van der Waals surface area contributed by atoms with Gasteiger partial charge in [-0.3, -0.25) is 4.79 Å². The van der Waals surface area contributed by atoms with E-state index < -0.39 is 0 Å². The lowest BCUT2D eigenvalue weighted by Gasteiger charge is -2.17. The first-order valence-corrected chi connectivity index (χ1v) is 6.91. The first kappa shape index (κ1) is 13.3. The van der Waals surface area contributed by atoms with Gasteiger partial charge in [-0.05, 0) is 49.8 Å². The second kappa shape index (κ2) is 5.65. The zero-order chi connectivity index (χ0) is 13.1. The lowest BCUT2D eigenvalue weighted by molar-refractivity contribution is -0.117. The second-order valence-corrected chi connectivity index (χ2v) is 5.28. The van der Waals surface area contributed by atoms with E-state index in [4.69, 9.17) is 4.74 Å². The van der Waals surface area contributed by atoms with Crippen LogP contribution in [0.1, 0.15) is 20.3 Å². The zero-order valence-corrected chi connectivity index (χ0v) is 11.7. The van der Waals surface area contributed by atoms with E-state index in [2.05, 4.69) is 12.6 Å². The number of rotatable bonds is 4. The van der Waals surface area contributed by atoms with Crippen LogP contribution in [0.15, 0.2) is 24.3 Å². The monoisotopic (exact) mass is 265 g/mol. The fourth-order valence-electron chi connectivity index (χ4n) is 2.13. The Bertz CT molecular complexity index is 416. The Kier molecular flexibility index (Phi) is 4.17. The summed E-state index contributed by atoms with van der Waals surface area (Å²) < 4.78 is 5.59. The second-order valence-electron chi connectivity index (χ2n) is 4.92. The maximum absolute atomic E-state index is 11.9. The summed E-state index contributed by atoms with van der Waals surface area (Å²) in [6.07, 6.45) is 0.770. The van der Waals surface area contributed by atoms with Gasteiger partial charge in [0.2, 0.25) is 5.91 Å². The topological polar surface area (TPSA) is 29.5 Å². The molecule has 1 aromatic rings. The fraction of sp³-hybridized carbons (Fsp3) is 0.500. The van der Waals surface area contributed by atoms with Gasteiger partial charge < -0.3 is 9.64 Å². The molecule has 1 fully saturated rings. The SMILES string of the molecule is CC(C)Oc1ccc(N2CC(CS)CC2=O)cc1. The summed E-state index contributed by atoms with van der Waals surface area (Å²) in [5, 5.41) is 0. The van der Waals surface area contributed by atoms with Crippen LogP contribution < -0.4 is 9.64 Å². The van der Waals surface area contributed by atoms with Gasteiger partial charge in [0.1, 0.15) is 5.75 Å². The van der Waals surface area contributed by atoms with E-state index in [-0.39, 0.29) is 12.0 Å². The van der Waals surface area contributed by atoms with Crippen LogP contribution in [0.25, 0.3) is 0 Å². The molecule has 1 amide bonds. The van der Waals surface area contributed by atoms with Crippen molar-refractivity contribution in [3.05, 3.63) is 24.3 Å². The number of hydrogen-bond acceptors (Lipinski definition) is 3. The molecule has 0 N–H and O–H groups in total. The molecule has 4 heteroatoms. The van der Waals surface area contributed by atoms with Gasteiger partial charge in [-0.15, -0.1) is 0 Å². The summed E-state index contributed by atoms with van der Waals surface area (Å²) in [4.78, 5) is 13.7. The number of nitrogens with zero attached hydrogens (tertiary/aromatic N) is 1. The molecule has 1 unspecified atom stereocenters. The van der Waals surface area contributed by atoms with E-state index in [1.807, 2.05) is 43.0 Å². The Hall–Kier alpha value is -1.16. The average molecular weight is 265 g/mol. The highest BCUT2D eigenvalue weighted by Crippen LogP contribution is 2.27. The molecule has 98 valence electrons. The Morgan fingerprint density at radius 2 is 2.06 bits per heavy atom. The first-order chi connectivity index (χ1) is 8.60. The van der Waals surface area contributed by atoms with E-state index in [9.17, 15) is 4.79 Å². The van der Waals surface area contributed by atoms with E-state index >= 15 is 0 Å². The molecule has 1 heterocycles. The summed E-state index contributed by atoms with van der Waals surface area (Å²) in [7, 11) is 0. The van der Waals surface area contributed by atoms with Crippen LogP contribution in [-0.2, 0) is 4.79 Å². The molecule has 18 heavy (non-hydrogen) atoms. The van der Waals surface area contributed by atoms with Crippen molar-refractivity contribution in [2.75, 3.05) is 17.2 Å². The molecule has 1 atom stereocenters. The number of carbonyl (C=O) groups is 1. The van der Waals surface area contributed by atoms with Gasteiger partial charge in [0.05, 0.1) is 6.10 Å². The number of ether oxygens (including phenoxy) is 1. The van der Waals surface area contributed by atoms with E-state index in [0.717, 1.165) is 23.7 Å². The number of carbonyl (C=O) groups excluding carboxylic acids is 1. The Morgan fingerprint density at radius 3 is 2.56 bits per heavy atom. The van der Waals surface area contributed by atoms with E-state index in [1.54, 1.807) is 0 Å². The smallest absolute Gasteiger partial charge is 0.227 e. The van der Waals surface area contributed by atoms with Gasteiger partial charge in [0.25, 0.3) is 0 Å². The van der Waals surface area contributed by atoms with E-state index in [1.165, 1.54) is 0 Å².